The zero-order chi connectivity index (χ0) is 10.7. The zero-order valence-electron chi connectivity index (χ0n) is 7.57. The number of aromatic amines is 1. The average Bonchev–Trinajstić information content (AvgIpc) is 2.22. The van der Waals surface area contributed by atoms with Gasteiger partial charge in [0, 0.05) is 0 Å². The molecular formula is C9H7ClN4O. The summed E-state index contributed by atoms with van der Waals surface area (Å²) in [5.41, 5.74) is 0.342. The number of benzene rings is 1. The fourth-order valence-corrected chi connectivity index (χ4v) is 1.24. The first-order chi connectivity index (χ1) is 7.25. The molecule has 2 rings (SSSR count). The molecule has 0 aliphatic carbocycles. The topological polar surface area (TPSA) is 70.7 Å². The van der Waals surface area contributed by atoms with E-state index in [1.807, 2.05) is 12.1 Å². The summed E-state index contributed by atoms with van der Waals surface area (Å²) in [5, 5.41) is 10.6. The summed E-state index contributed by atoms with van der Waals surface area (Å²) in [4.78, 5) is 13.4. The van der Waals surface area contributed by atoms with Crippen molar-refractivity contribution in [1.29, 1.82) is 0 Å². The molecule has 0 saturated carbocycles. The van der Waals surface area contributed by atoms with Crippen LogP contribution in [0.4, 0.5) is 11.6 Å². The largest absolute Gasteiger partial charge is 0.323 e. The standard InChI is InChI=1S/C9H7ClN4O/c10-6-3-1-2-4-7(6)12-9-13-8(15)5-11-14-9/h1-5H,(H2,12,13,14,15). The molecule has 5 nitrogen and oxygen atoms in total. The zero-order valence-corrected chi connectivity index (χ0v) is 8.32. The summed E-state index contributed by atoms with van der Waals surface area (Å²) >= 11 is 5.91. The third kappa shape index (κ3) is 2.32. The minimum absolute atomic E-state index is 0.260. The van der Waals surface area contributed by atoms with Gasteiger partial charge >= 0.3 is 0 Å². The second kappa shape index (κ2) is 4.10. The summed E-state index contributed by atoms with van der Waals surface area (Å²) < 4.78 is 0. The molecule has 0 atom stereocenters. The van der Waals surface area contributed by atoms with Crippen molar-refractivity contribution in [2.24, 2.45) is 0 Å². The Labute approximate surface area is 90.1 Å². The summed E-state index contributed by atoms with van der Waals surface area (Å²) in [7, 11) is 0. The lowest BCUT2D eigenvalue weighted by atomic mass is 10.3. The maximum atomic E-state index is 10.9. The molecule has 0 aliphatic heterocycles. The van der Waals surface area contributed by atoms with E-state index in [-0.39, 0.29) is 11.5 Å². The fraction of sp³-hybridized carbons (Fsp3) is 0. The highest BCUT2D eigenvalue weighted by atomic mass is 35.5. The van der Waals surface area contributed by atoms with Crippen LogP contribution in [0.3, 0.4) is 0 Å². The first-order valence-corrected chi connectivity index (χ1v) is 4.57. The van der Waals surface area contributed by atoms with Crippen LogP contribution in [0.15, 0.2) is 35.3 Å². The Hall–Kier alpha value is -1.88. The van der Waals surface area contributed by atoms with Crippen LogP contribution in [-0.2, 0) is 0 Å². The van der Waals surface area contributed by atoms with Crippen LogP contribution < -0.4 is 10.9 Å². The van der Waals surface area contributed by atoms with E-state index in [0.717, 1.165) is 6.20 Å². The van der Waals surface area contributed by atoms with Crippen molar-refractivity contribution in [1.82, 2.24) is 15.2 Å². The number of nitrogens with zero attached hydrogens (tertiary/aromatic N) is 2. The van der Waals surface area contributed by atoms with Crippen LogP contribution in [0, 0.1) is 0 Å². The Bertz CT molecular complexity index is 525. The second-order valence-electron chi connectivity index (χ2n) is 2.79. The van der Waals surface area contributed by atoms with Gasteiger partial charge in [0.2, 0.25) is 5.95 Å². The van der Waals surface area contributed by atoms with Gasteiger partial charge in [-0.15, -0.1) is 10.2 Å². The summed E-state index contributed by atoms with van der Waals surface area (Å²) in [6.07, 6.45) is 1.10. The van der Waals surface area contributed by atoms with E-state index in [9.17, 15) is 4.79 Å². The van der Waals surface area contributed by atoms with Crippen molar-refractivity contribution >= 4 is 23.2 Å². The Balaban J connectivity index is 2.30. The molecule has 0 amide bonds. The number of hydrogen-bond acceptors (Lipinski definition) is 4. The molecule has 2 N–H and O–H groups in total. The van der Waals surface area contributed by atoms with E-state index >= 15 is 0 Å². The highest BCUT2D eigenvalue weighted by Crippen LogP contribution is 2.22. The van der Waals surface area contributed by atoms with Gasteiger partial charge in [-0.25, -0.2) is 0 Å². The van der Waals surface area contributed by atoms with E-state index in [1.54, 1.807) is 12.1 Å². The molecule has 0 radical (unpaired) electrons. The minimum atomic E-state index is -0.320. The monoisotopic (exact) mass is 222 g/mol. The van der Waals surface area contributed by atoms with Gasteiger partial charge in [-0.05, 0) is 12.1 Å². The number of rotatable bonds is 2. The van der Waals surface area contributed by atoms with Gasteiger partial charge in [0.15, 0.2) is 0 Å². The molecule has 0 spiro atoms. The summed E-state index contributed by atoms with van der Waals surface area (Å²) in [5.74, 6) is 0.260. The SMILES string of the molecule is O=c1cnnc(Nc2ccccc2Cl)[nH]1. The highest BCUT2D eigenvalue weighted by molar-refractivity contribution is 6.33. The quantitative estimate of drug-likeness (QED) is 0.809. The van der Waals surface area contributed by atoms with Crippen molar-refractivity contribution in [3.63, 3.8) is 0 Å². The fourth-order valence-electron chi connectivity index (χ4n) is 1.06. The van der Waals surface area contributed by atoms with Gasteiger partial charge in [-0.2, -0.15) is 0 Å². The summed E-state index contributed by atoms with van der Waals surface area (Å²) in [6.45, 7) is 0. The van der Waals surface area contributed by atoms with Gasteiger partial charge in [-0.1, -0.05) is 23.7 Å². The molecule has 1 aromatic heterocycles. The normalized spacial score (nSPS) is 9.93. The Kier molecular flexibility index (Phi) is 2.64. The Morgan fingerprint density at radius 3 is 2.87 bits per heavy atom. The van der Waals surface area contributed by atoms with E-state index in [0.29, 0.717) is 10.7 Å². The highest BCUT2D eigenvalue weighted by Gasteiger charge is 2.00. The molecule has 6 heteroatoms. The molecule has 0 fully saturated rings. The van der Waals surface area contributed by atoms with Gasteiger partial charge in [-0.3, -0.25) is 9.78 Å². The molecule has 15 heavy (non-hydrogen) atoms. The van der Waals surface area contributed by atoms with Gasteiger partial charge in [0.25, 0.3) is 5.56 Å². The van der Waals surface area contributed by atoms with Crippen LogP contribution in [0.2, 0.25) is 5.02 Å². The third-order valence-electron chi connectivity index (χ3n) is 1.70. The number of nitrogens with one attached hydrogen (secondary N) is 2. The number of para-hydroxylation sites is 1. The first kappa shape index (κ1) is 9.67. The smallest absolute Gasteiger partial charge is 0.271 e. The molecule has 0 bridgehead atoms. The molecular weight excluding hydrogens is 216 g/mol. The molecule has 0 unspecified atom stereocenters. The maximum absolute atomic E-state index is 10.9. The number of H-pyrrole nitrogens is 1. The van der Waals surface area contributed by atoms with E-state index in [2.05, 4.69) is 20.5 Å². The van der Waals surface area contributed by atoms with Crippen LogP contribution in [0.25, 0.3) is 0 Å². The Morgan fingerprint density at radius 2 is 2.13 bits per heavy atom. The van der Waals surface area contributed by atoms with Crippen molar-refractivity contribution < 1.29 is 0 Å². The first-order valence-electron chi connectivity index (χ1n) is 4.19. The molecule has 1 aromatic carbocycles. The van der Waals surface area contributed by atoms with Crippen LogP contribution in [-0.4, -0.2) is 15.2 Å². The second-order valence-corrected chi connectivity index (χ2v) is 3.19. The number of halogens is 1. The molecule has 0 saturated heterocycles. The van der Waals surface area contributed by atoms with E-state index < -0.39 is 0 Å². The minimum Gasteiger partial charge on any atom is -0.323 e. The van der Waals surface area contributed by atoms with Gasteiger partial charge in [0.05, 0.1) is 10.7 Å². The number of aromatic nitrogens is 3. The predicted octanol–water partition coefficient (Wildman–Crippen LogP) is 1.56. The van der Waals surface area contributed by atoms with Crippen LogP contribution in [0.5, 0.6) is 0 Å². The molecule has 1 heterocycles. The van der Waals surface area contributed by atoms with Crippen molar-refractivity contribution in [2.75, 3.05) is 5.32 Å². The van der Waals surface area contributed by atoms with Crippen molar-refractivity contribution in [3.8, 4) is 0 Å². The summed E-state index contributed by atoms with van der Waals surface area (Å²) in [6, 6.07) is 7.14. The van der Waals surface area contributed by atoms with Crippen molar-refractivity contribution in [2.45, 2.75) is 0 Å². The Morgan fingerprint density at radius 1 is 1.33 bits per heavy atom. The lowest BCUT2D eigenvalue weighted by molar-refractivity contribution is 0.954. The molecule has 76 valence electrons. The number of hydrogen-bond donors (Lipinski definition) is 2. The van der Waals surface area contributed by atoms with Gasteiger partial charge in [0.1, 0.15) is 6.20 Å². The van der Waals surface area contributed by atoms with E-state index in [1.165, 1.54) is 0 Å². The third-order valence-corrected chi connectivity index (χ3v) is 2.03. The lowest BCUT2D eigenvalue weighted by Gasteiger charge is -2.04. The number of anilines is 2. The average molecular weight is 223 g/mol. The van der Waals surface area contributed by atoms with Crippen molar-refractivity contribution in [3.05, 3.63) is 45.8 Å². The predicted molar refractivity (Wildman–Crippen MR) is 57.4 cm³/mol. The van der Waals surface area contributed by atoms with Gasteiger partial charge < -0.3 is 5.32 Å². The molecule has 2 aromatic rings. The lowest BCUT2D eigenvalue weighted by Crippen LogP contribution is -2.10. The maximum Gasteiger partial charge on any atom is 0.271 e. The van der Waals surface area contributed by atoms with Crippen LogP contribution >= 0.6 is 11.6 Å². The van der Waals surface area contributed by atoms with E-state index in [4.69, 9.17) is 11.6 Å². The molecule has 0 aliphatic rings. The van der Waals surface area contributed by atoms with Crippen LogP contribution in [0.1, 0.15) is 0 Å².